The molecule has 0 bridgehead atoms. The number of methoxy groups -OCH3 is 1. The number of nitrogens with one attached hydrogen (secondary N) is 1. The summed E-state index contributed by atoms with van der Waals surface area (Å²) in [7, 11) is 1.60. The maximum absolute atomic E-state index is 11.9. The Labute approximate surface area is 124 Å². The number of benzene rings is 1. The molecule has 20 heavy (non-hydrogen) atoms. The van der Waals surface area contributed by atoms with E-state index < -0.39 is 0 Å². The molecule has 5 nitrogen and oxygen atoms in total. The van der Waals surface area contributed by atoms with Gasteiger partial charge in [-0.25, -0.2) is 0 Å². The summed E-state index contributed by atoms with van der Waals surface area (Å²) in [4.78, 5) is 11.9. The average Bonchev–Trinajstić information content (AvgIpc) is 2.40. The SMILES string of the molecule is COCCOc1ccc(NC(=O)C(C)C(C)N)cc1Cl. The monoisotopic (exact) mass is 300 g/mol. The Morgan fingerprint density at radius 1 is 1.40 bits per heavy atom. The molecule has 2 atom stereocenters. The minimum atomic E-state index is -0.272. The van der Waals surface area contributed by atoms with Crippen LogP contribution in [-0.2, 0) is 9.53 Å². The molecule has 0 heterocycles. The fourth-order valence-electron chi connectivity index (χ4n) is 1.43. The van der Waals surface area contributed by atoms with Crippen molar-refractivity contribution in [3.8, 4) is 5.75 Å². The number of halogens is 1. The van der Waals surface area contributed by atoms with Gasteiger partial charge in [0, 0.05) is 18.8 Å². The number of ether oxygens (including phenoxy) is 2. The molecule has 6 heteroatoms. The van der Waals surface area contributed by atoms with E-state index in [-0.39, 0.29) is 17.9 Å². The van der Waals surface area contributed by atoms with Crippen molar-refractivity contribution in [2.45, 2.75) is 19.9 Å². The number of amides is 1. The molecule has 112 valence electrons. The Morgan fingerprint density at radius 3 is 2.65 bits per heavy atom. The van der Waals surface area contributed by atoms with Crippen molar-refractivity contribution in [2.75, 3.05) is 25.6 Å². The van der Waals surface area contributed by atoms with E-state index in [1.807, 2.05) is 0 Å². The van der Waals surface area contributed by atoms with Crippen LogP contribution in [0.25, 0.3) is 0 Å². The van der Waals surface area contributed by atoms with Crippen LogP contribution in [0.15, 0.2) is 18.2 Å². The third kappa shape index (κ3) is 5.00. The van der Waals surface area contributed by atoms with Crippen LogP contribution in [0.3, 0.4) is 0 Å². The first-order chi connectivity index (χ1) is 9.45. The first-order valence-corrected chi connectivity index (χ1v) is 6.81. The second kappa shape index (κ2) is 8.09. The largest absolute Gasteiger partial charge is 0.490 e. The van der Waals surface area contributed by atoms with Gasteiger partial charge in [0.2, 0.25) is 5.91 Å². The summed E-state index contributed by atoms with van der Waals surface area (Å²) >= 11 is 6.09. The first-order valence-electron chi connectivity index (χ1n) is 6.43. The van der Waals surface area contributed by atoms with E-state index in [0.29, 0.717) is 29.7 Å². The number of carbonyl (C=O) groups is 1. The van der Waals surface area contributed by atoms with Crippen LogP contribution in [-0.4, -0.2) is 32.3 Å². The van der Waals surface area contributed by atoms with E-state index in [4.69, 9.17) is 26.8 Å². The normalized spacial score (nSPS) is 13.7. The summed E-state index contributed by atoms with van der Waals surface area (Å²) in [5.74, 6) is 0.150. The molecular weight excluding hydrogens is 280 g/mol. The average molecular weight is 301 g/mol. The highest BCUT2D eigenvalue weighted by Crippen LogP contribution is 2.27. The number of hydrogen-bond donors (Lipinski definition) is 2. The predicted octanol–water partition coefficient (Wildman–Crippen LogP) is 2.29. The minimum Gasteiger partial charge on any atom is -0.490 e. The smallest absolute Gasteiger partial charge is 0.228 e. The van der Waals surface area contributed by atoms with E-state index in [1.165, 1.54) is 0 Å². The Bertz CT molecular complexity index is 452. The minimum absolute atomic E-state index is 0.135. The van der Waals surface area contributed by atoms with Crippen molar-refractivity contribution < 1.29 is 14.3 Å². The molecule has 0 spiro atoms. The van der Waals surface area contributed by atoms with Crippen molar-refractivity contribution in [2.24, 2.45) is 11.7 Å². The zero-order chi connectivity index (χ0) is 15.1. The van der Waals surface area contributed by atoms with Crippen molar-refractivity contribution in [3.05, 3.63) is 23.2 Å². The molecule has 1 aromatic carbocycles. The first kappa shape index (κ1) is 16.8. The van der Waals surface area contributed by atoms with Gasteiger partial charge in [-0.1, -0.05) is 18.5 Å². The van der Waals surface area contributed by atoms with Gasteiger partial charge in [-0.05, 0) is 25.1 Å². The highest BCUT2D eigenvalue weighted by atomic mass is 35.5. The highest BCUT2D eigenvalue weighted by molar-refractivity contribution is 6.32. The quantitative estimate of drug-likeness (QED) is 0.758. The molecule has 0 aliphatic rings. The van der Waals surface area contributed by atoms with Crippen LogP contribution in [0.4, 0.5) is 5.69 Å². The molecule has 0 aliphatic carbocycles. The summed E-state index contributed by atoms with van der Waals surface area (Å²) in [6.07, 6.45) is 0. The molecule has 1 aromatic rings. The van der Waals surface area contributed by atoms with Crippen LogP contribution in [0, 0.1) is 5.92 Å². The zero-order valence-electron chi connectivity index (χ0n) is 12.0. The Kier molecular flexibility index (Phi) is 6.78. The Balaban J connectivity index is 2.65. The van der Waals surface area contributed by atoms with Gasteiger partial charge >= 0.3 is 0 Å². The number of rotatable bonds is 7. The van der Waals surface area contributed by atoms with E-state index in [2.05, 4.69) is 5.32 Å². The summed E-state index contributed by atoms with van der Waals surface area (Å²) < 4.78 is 10.3. The topological polar surface area (TPSA) is 73.6 Å². The Hall–Kier alpha value is -1.30. The van der Waals surface area contributed by atoms with Crippen LogP contribution < -0.4 is 15.8 Å². The maximum atomic E-state index is 11.9. The van der Waals surface area contributed by atoms with Gasteiger partial charge in [-0.15, -0.1) is 0 Å². The lowest BCUT2D eigenvalue weighted by molar-refractivity contribution is -0.119. The lowest BCUT2D eigenvalue weighted by Crippen LogP contribution is -2.34. The molecule has 3 N–H and O–H groups in total. The summed E-state index contributed by atoms with van der Waals surface area (Å²) in [6.45, 7) is 4.48. The summed E-state index contributed by atoms with van der Waals surface area (Å²) in [5.41, 5.74) is 6.31. The highest BCUT2D eigenvalue weighted by Gasteiger charge is 2.17. The number of carbonyl (C=O) groups excluding carboxylic acids is 1. The maximum Gasteiger partial charge on any atom is 0.228 e. The van der Waals surface area contributed by atoms with Crippen molar-refractivity contribution in [1.82, 2.24) is 0 Å². The lowest BCUT2D eigenvalue weighted by atomic mass is 10.0. The third-order valence-electron chi connectivity index (χ3n) is 2.95. The molecule has 0 fully saturated rings. The fourth-order valence-corrected chi connectivity index (χ4v) is 1.66. The van der Waals surface area contributed by atoms with Gasteiger partial charge in [-0.3, -0.25) is 4.79 Å². The van der Waals surface area contributed by atoms with E-state index >= 15 is 0 Å². The number of nitrogens with two attached hydrogens (primary N) is 1. The second-order valence-corrected chi connectivity index (χ2v) is 5.03. The fraction of sp³-hybridized carbons (Fsp3) is 0.500. The van der Waals surface area contributed by atoms with Gasteiger partial charge in [0.1, 0.15) is 12.4 Å². The molecule has 2 unspecified atom stereocenters. The van der Waals surface area contributed by atoms with Gasteiger partial charge in [0.25, 0.3) is 0 Å². The molecule has 1 amide bonds. The van der Waals surface area contributed by atoms with Crippen LogP contribution >= 0.6 is 11.6 Å². The molecule has 0 saturated heterocycles. The molecule has 0 aromatic heterocycles. The molecule has 1 rings (SSSR count). The van der Waals surface area contributed by atoms with Crippen LogP contribution in [0.5, 0.6) is 5.75 Å². The summed E-state index contributed by atoms with van der Waals surface area (Å²) in [5, 5.41) is 3.21. The number of anilines is 1. The van der Waals surface area contributed by atoms with Crippen molar-refractivity contribution >= 4 is 23.2 Å². The van der Waals surface area contributed by atoms with Gasteiger partial charge in [0.15, 0.2) is 0 Å². The van der Waals surface area contributed by atoms with E-state index in [0.717, 1.165) is 0 Å². The van der Waals surface area contributed by atoms with Crippen LogP contribution in [0.1, 0.15) is 13.8 Å². The molecule has 0 aliphatic heterocycles. The van der Waals surface area contributed by atoms with Crippen LogP contribution in [0.2, 0.25) is 5.02 Å². The van der Waals surface area contributed by atoms with Gasteiger partial charge in [-0.2, -0.15) is 0 Å². The van der Waals surface area contributed by atoms with E-state index in [9.17, 15) is 4.79 Å². The number of hydrogen-bond acceptors (Lipinski definition) is 4. The predicted molar refractivity (Wildman–Crippen MR) is 80.3 cm³/mol. The van der Waals surface area contributed by atoms with Crippen molar-refractivity contribution in [3.63, 3.8) is 0 Å². The lowest BCUT2D eigenvalue weighted by Gasteiger charge is -2.16. The molecular formula is C14H21ClN2O3. The van der Waals surface area contributed by atoms with Gasteiger partial charge < -0.3 is 20.5 Å². The van der Waals surface area contributed by atoms with Gasteiger partial charge in [0.05, 0.1) is 17.5 Å². The standard InChI is InChI=1S/C14H21ClN2O3/c1-9(10(2)16)14(18)17-11-4-5-13(12(15)8-11)20-7-6-19-3/h4-5,8-10H,6-7,16H2,1-3H3,(H,17,18). The third-order valence-corrected chi connectivity index (χ3v) is 3.24. The van der Waals surface area contributed by atoms with Crippen molar-refractivity contribution in [1.29, 1.82) is 0 Å². The zero-order valence-corrected chi connectivity index (χ0v) is 12.7. The second-order valence-electron chi connectivity index (χ2n) is 4.62. The molecule has 0 radical (unpaired) electrons. The Morgan fingerprint density at radius 2 is 2.10 bits per heavy atom. The molecule has 0 saturated carbocycles. The van der Waals surface area contributed by atoms with E-state index in [1.54, 1.807) is 39.2 Å². The summed E-state index contributed by atoms with van der Waals surface area (Å²) in [6, 6.07) is 4.89.